The molecule has 0 atom stereocenters. The summed E-state index contributed by atoms with van der Waals surface area (Å²) in [6.07, 6.45) is 0. The molecule has 4 aliphatic rings. The lowest BCUT2D eigenvalue weighted by molar-refractivity contribution is 1.28. The third kappa shape index (κ3) is 6.27. The molecular weight excluding hydrogens is 994 g/mol. The minimum atomic E-state index is -0.277. The zero-order valence-electron chi connectivity index (χ0n) is 46.0. The van der Waals surface area contributed by atoms with Gasteiger partial charge in [0, 0.05) is 34.1 Å². The molecule has 0 aliphatic carbocycles. The molecular formula is C74H46B2N6. The fourth-order valence-corrected chi connectivity index (χ4v) is 15.6. The molecule has 0 bridgehead atoms. The quantitative estimate of drug-likeness (QED) is 0.0996. The summed E-state index contributed by atoms with van der Waals surface area (Å²) in [7, 11) is 0. The van der Waals surface area contributed by atoms with E-state index in [1.54, 1.807) is 0 Å². The van der Waals surface area contributed by atoms with Crippen LogP contribution < -0.4 is 42.6 Å². The molecule has 12 aromatic carbocycles. The van der Waals surface area contributed by atoms with Gasteiger partial charge in [-0.15, -0.1) is 0 Å². The number of nitrogens with zero attached hydrogens (tertiary/aromatic N) is 6. The third-order valence-electron chi connectivity index (χ3n) is 18.3. The monoisotopic (exact) mass is 1040 g/mol. The van der Waals surface area contributed by atoms with E-state index in [1.807, 2.05) is 48.5 Å². The first-order valence-electron chi connectivity index (χ1n) is 27.9. The molecule has 0 radical (unpaired) electrons. The lowest BCUT2D eigenvalue weighted by Crippen LogP contribution is -2.60. The number of fused-ring (bicyclic) bond motifs is 8. The maximum absolute atomic E-state index is 11.1. The van der Waals surface area contributed by atoms with Gasteiger partial charge in [-0.25, -0.2) is 4.85 Å². The summed E-state index contributed by atoms with van der Waals surface area (Å²) >= 11 is 0. The highest BCUT2D eigenvalue weighted by atomic mass is 15.2. The van der Waals surface area contributed by atoms with Gasteiger partial charge in [0.25, 0.3) is 0 Å². The lowest BCUT2D eigenvalue weighted by Gasteiger charge is -2.42. The van der Waals surface area contributed by atoms with Crippen LogP contribution in [0.3, 0.4) is 0 Å². The van der Waals surface area contributed by atoms with Gasteiger partial charge in [-0.2, -0.15) is 15.8 Å². The highest BCUT2D eigenvalue weighted by Gasteiger charge is 2.46. The van der Waals surface area contributed by atoms with E-state index in [2.05, 4.69) is 196 Å². The Kier molecular flexibility index (Phi) is 9.79. The Morgan fingerprint density at radius 3 is 1.22 bits per heavy atom. The van der Waals surface area contributed by atoms with Crippen molar-refractivity contribution in [3.8, 4) is 62.7 Å². The SMILES string of the molecule is [C-]#[N+]c1ccc2c(c1)N(c1ccccc1)c1cc(C#N)cc3c1B2c1cc2c(-c4c(C)cc(C)cc4C)cc4c5c(cc6c(-c7c(C)cc(C)cc7C)cc-3c1c6c25)B1c2ccc(C#N)cc2N(c2ccccc2)c2cc(C#N)cc-4c21. The van der Waals surface area contributed by atoms with Gasteiger partial charge in [0.15, 0.2) is 5.69 Å². The van der Waals surface area contributed by atoms with Crippen molar-refractivity contribution in [3.63, 3.8) is 0 Å². The van der Waals surface area contributed by atoms with Gasteiger partial charge in [-0.3, -0.25) is 0 Å². The van der Waals surface area contributed by atoms with Gasteiger partial charge in [0.1, 0.15) is 0 Å². The molecule has 12 aromatic rings. The predicted octanol–water partition coefficient (Wildman–Crippen LogP) is 14.5. The van der Waals surface area contributed by atoms with Gasteiger partial charge in [-0.1, -0.05) is 113 Å². The molecule has 0 spiro atoms. The number of benzene rings is 12. The Labute approximate surface area is 476 Å². The average Bonchev–Trinajstić information content (AvgIpc) is 1.00. The van der Waals surface area contributed by atoms with E-state index in [-0.39, 0.29) is 13.4 Å². The van der Waals surface area contributed by atoms with Crippen LogP contribution in [0.15, 0.2) is 170 Å². The van der Waals surface area contributed by atoms with Crippen molar-refractivity contribution in [2.24, 2.45) is 0 Å². The van der Waals surface area contributed by atoms with Crippen LogP contribution in [0.1, 0.15) is 50.1 Å². The number of anilines is 6. The summed E-state index contributed by atoms with van der Waals surface area (Å²) in [5, 5.41) is 39.8. The molecule has 8 heteroatoms. The van der Waals surface area contributed by atoms with Gasteiger partial charge in [0.05, 0.1) is 41.5 Å². The van der Waals surface area contributed by atoms with Gasteiger partial charge in [0.2, 0.25) is 13.4 Å². The summed E-state index contributed by atoms with van der Waals surface area (Å²) in [5.74, 6) is 0. The van der Waals surface area contributed by atoms with E-state index in [1.165, 1.54) is 66.2 Å². The molecule has 0 saturated carbocycles. The fourth-order valence-electron chi connectivity index (χ4n) is 15.6. The number of hydrogen-bond donors (Lipinski definition) is 0. The van der Waals surface area contributed by atoms with Crippen LogP contribution in [-0.4, -0.2) is 13.4 Å². The van der Waals surface area contributed by atoms with Crippen LogP contribution in [0.4, 0.5) is 39.8 Å². The normalized spacial score (nSPS) is 12.9. The van der Waals surface area contributed by atoms with Gasteiger partial charge >= 0.3 is 0 Å². The lowest BCUT2D eigenvalue weighted by atomic mass is 9.31. The second kappa shape index (κ2) is 16.9. The molecule has 0 aromatic heterocycles. The summed E-state index contributed by atoms with van der Waals surface area (Å²) in [6.45, 7) is 21.1. The number of nitriles is 3. The van der Waals surface area contributed by atoms with Crippen LogP contribution in [-0.2, 0) is 0 Å². The molecule has 16 rings (SSSR count). The molecule has 4 aliphatic heterocycles. The molecule has 82 heavy (non-hydrogen) atoms. The smallest absolute Gasteiger partial charge is 0.248 e. The first-order chi connectivity index (χ1) is 40.0. The maximum Gasteiger partial charge on any atom is 0.248 e. The maximum atomic E-state index is 11.1. The van der Waals surface area contributed by atoms with E-state index in [4.69, 9.17) is 6.57 Å². The van der Waals surface area contributed by atoms with E-state index in [9.17, 15) is 15.8 Å². The van der Waals surface area contributed by atoms with E-state index < -0.39 is 0 Å². The summed E-state index contributed by atoms with van der Waals surface area (Å²) in [5.41, 5.74) is 30.6. The topological polar surface area (TPSA) is 82.2 Å². The van der Waals surface area contributed by atoms with Gasteiger partial charge < -0.3 is 9.80 Å². The predicted molar refractivity (Wildman–Crippen MR) is 339 cm³/mol. The zero-order valence-corrected chi connectivity index (χ0v) is 46.0. The first-order valence-corrected chi connectivity index (χ1v) is 27.9. The van der Waals surface area contributed by atoms with Crippen LogP contribution in [0.25, 0.3) is 81.7 Å². The summed E-state index contributed by atoms with van der Waals surface area (Å²) < 4.78 is 0. The standard InChI is InChI=1S/C74H46B2N6/c1-39-22-41(3)67(42(4)23-39)51-33-54-58-27-47(38-79)30-66-74(58)76(60-21-19-48(80-7)31-64(60)82(66)50-16-12-9-13-17-50)62-35-56-52(68-43(5)24-40(2)25-44(68)6)32-53-57-26-46(37-78)29-65-73(57)75(61-34-55(51)72(70(54)62)71(56)69(53)61)59-20-18-45(36-77)28-63(59)81(65)49-14-10-8-11-15-49/h8-35H,1-6H3. The van der Waals surface area contributed by atoms with Crippen LogP contribution in [0.2, 0.25) is 0 Å². The van der Waals surface area contributed by atoms with Crippen molar-refractivity contribution >= 4 is 118 Å². The number of aryl methyl sites for hydroxylation is 6. The second-order valence-electron chi connectivity index (χ2n) is 23.1. The molecule has 6 nitrogen and oxygen atoms in total. The number of hydrogen-bond acceptors (Lipinski definition) is 5. The van der Waals surface area contributed by atoms with Crippen LogP contribution in [0.5, 0.6) is 0 Å². The molecule has 0 N–H and O–H groups in total. The highest BCUT2D eigenvalue weighted by molar-refractivity contribution is 7.02. The van der Waals surface area contributed by atoms with Gasteiger partial charge in [-0.05, 0) is 241 Å². The van der Waals surface area contributed by atoms with Crippen molar-refractivity contribution in [3.05, 3.63) is 231 Å². The Hall–Kier alpha value is -10.6. The van der Waals surface area contributed by atoms with Crippen molar-refractivity contribution in [2.75, 3.05) is 9.80 Å². The minimum absolute atomic E-state index is 0.273. The molecule has 0 fully saturated rings. The van der Waals surface area contributed by atoms with E-state index in [0.29, 0.717) is 22.4 Å². The van der Waals surface area contributed by atoms with Crippen molar-refractivity contribution in [1.29, 1.82) is 15.8 Å². The van der Waals surface area contributed by atoms with Crippen LogP contribution >= 0.6 is 0 Å². The second-order valence-corrected chi connectivity index (χ2v) is 23.1. The molecule has 0 saturated heterocycles. The Balaban J connectivity index is 1.16. The molecule has 378 valence electrons. The molecule has 0 amide bonds. The number of rotatable bonds is 4. The van der Waals surface area contributed by atoms with Crippen molar-refractivity contribution < 1.29 is 0 Å². The van der Waals surface area contributed by atoms with E-state index >= 15 is 0 Å². The number of para-hydroxylation sites is 2. The summed E-state index contributed by atoms with van der Waals surface area (Å²) in [6, 6.07) is 68.2. The van der Waals surface area contributed by atoms with E-state index in [0.717, 1.165) is 111 Å². The largest absolute Gasteiger partial charge is 0.313 e. The molecule has 4 heterocycles. The Bertz CT molecular complexity index is 4760. The fraction of sp³-hybridized carbons (Fsp3) is 0.0811. The van der Waals surface area contributed by atoms with Crippen molar-refractivity contribution in [2.45, 2.75) is 41.5 Å². The first kappa shape index (κ1) is 47.4. The zero-order chi connectivity index (χ0) is 55.7. The minimum Gasteiger partial charge on any atom is -0.313 e. The Morgan fingerprint density at radius 2 is 0.793 bits per heavy atom. The molecule has 0 unspecified atom stereocenters. The highest BCUT2D eigenvalue weighted by Crippen LogP contribution is 2.54. The van der Waals surface area contributed by atoms with Crippen molar-refractivity contribution in [1.82, 2.24) is 0 Å². The Morgan fingerprint density at radius 1 is 0.378 bits per heavy atom. The average molecular weight is 1040 g/mol. The van der Waals surface area contributed by atoms with Crippen LogP contribution in [0, 0.1) is 82.1 Å². The summed E-state index contributed by atoms with van der Waals surface area (Å²) in [4.78, 5) is 8.54. The third-order valence-corrected chi connectivity index (χ3v) is 18.3.